The van der Waals surface area contributed by atoms with Crippen LogP contribution in [0.15, 0.2) is 6.33 Å². The largest absolute Gasteiger partial charge is 0.383 e. The van der Waals surface area contributed by atoms with Crippen molar-refractivity contribution in [2.75, 3.05) is 20.3 Å². The van der Waals surface area contributed by atoms with Gasteiger partial charge in [0.25, 0.3) is 5.91 Å². The van der Waals surface area contributed by atoms with Crippen LogP contribution in [-0.4, -0.2) is 45.8 Å². The lowest BCUT2D eigenvalue weighted by atomic mass is 9.87. The summed E-state index contributed by atoms with van der Waals surface area (Å²) in [5.41, 5.74) is 2.07. The predicted octanol–water partition coefficient (Wildman–Crippen LogP) is 2.16. The van der Waals surface area contributed by atoms with Gasteiger partial charge in [-0.05, 0) is 30.7 Å². The van der Waals surface area contributed by atoms with Crippen LogP contribution < -0.4 is 5.32 Å². The number of carbonyl (C=O) groups is 1. The maximum absolute atomic E-state index is 12.2. The summed E-state index contributed by atoms with van der Waals surface area (Å²) in [5.74, 6) is 0.371. The van der Waals surface area contributed by atoms with Crippen LogP contribution in [0.25, 0.3) is 15.9 Å². The Morgan fingerprint density at radius 1 is 1.54 bits per heavy atom. The third kappa shape index (κ3) is 2.46. The SMILES string of the molecule is COCCNC(=O)c1nc2c3c4c(sc3ncn2n1)CCC[C@@H]4C. The highest BCUT2D eigenvalue weighted by atomic mass is 32.1. The number of rotatable bonds is 4. The Labute approximate surface area is 143 Å². The summed E-state index contributed by atoms with van der Waals surface area (Å²) in [6.07, 6.45) is 5.14. The van der Waals surface area contributed by atoms with Crippen molar-refractivity contribution in [1.29, 1.82) is 0 Å². The van der Waals surface area contributed by atoms with Crippen LogP contribution in [-0.2, 0) is 11.2 Å². The molecule has 1 atom stereocenters. The van der Waals surface area contributed by atoms with Crippen LogP contribution >= 0.6 is 11.3 Å². The van der Waals surface area contributed by atoms with Crippen molar-refractivity contribution in [1.82, 2.24) is 24.9 Å². The van der Waals surface area contributed by atoms with Crippen LogP contribution in [0.4, 0.5) is 0 Å². The molecule has 0 aromatic carbocycles. The summed E-state index contributed by atoms with van der Waals surface area (Å²) in [5, 5.41) is 8.11. The van der Waals surface area contributed by atoms with Gasteiger partial charge in [-0.1, -0.05) is 6.92 Å². The summed E-state index contributed by atoms with van der Waals surface area (Å²) in [6, 6.07) is 0. The first-order chi connectivity index (χ1) is 11.7. The molecule has 1 amide bonds. The minimum absolute atomic E-state index is 0.170. The molecule has 1 aliphatic rings. The summed E-state index contributed by atoms with van der Waals surface area (Å²) >= 11 is 1.74. The maximum Gasteiger partial charge on any atom is 0.291 e. The molecule has 0 radical (unpaired) electrons. The molecule has 3 aromatic rings. The van der Waals surface area contributed by atoms with E-state index in [1.54, 1.807) is 29.3 Å². The van der Waals surface area contributed by atoms with E-state index in [2.05, 4.69) is 27.3 Å². The summed E-state index contributed by atoms with van der Waals surface area (Å²) in [4.78, 5) is 23.6. The lowest BCUT2D eigenvalue weighted by Gasteiger charge is -2.18. The first-order valence-corrected chi connectivity index (χ1v) is 8.94. The van der Waals surface area contributed by atoms with E-state index in [1.165, 1.54) is 23.3 Å². The van der Waals surface area contributed by atoms with Gasteiger partial charge in [0.15, 0.2) is 5.65 Å². The number of amides is 1. The molecule has 0 saturated heterocycles. The van der Waals surface area contributed by atoms with Crippen LogP contribution in [0.5, 0.6) is 0 Å². The molecule has 0 fully saturated rings. The zero-order valence-electron chi connectivity index (χ0n) is 13.7. The van der Waals surface area contributed by atoms with Crippen molar-refractivity contribution >= 4 is 33.1 Å². The Morgan fingerprint density at radius 3 is 3.25 bits per heavy atom. The molecule has 8 heteroatoms. The fourth-order valence-electron chi connectivity index (χ4n) is 3.33. The number of hydrogen-bond donors (Lipinski definition) is 1. The van der Waals surface area contributed by atoms with Gasteiger partial charge in [-0.25, -0.2) is 14.5 Å². The number of nitrogens with zero attached hydrogens (tertiary/aromatic N) is 4. The van der Waals surface area contributed by atoms with Crippen molar-refractivity contribution < 1.29 is 9.53 Å². The second-order valence-electron chi connectivity index (χ2n) is 6.11. The Kier molecular flexibility index (Phi) is 3.93. The molecule has 0 unspecified atom stereocenters. The molecule has 0 spiro atoms. The highest BCUT2D eigenvalue weighted by molar-refractivity contribution is 7.19. The van der Waals surface area contributed by atoms with Crippen molar-refractivity contribution in [3.05, 3.63) is 22.6 Å². The van der Waals surface area contributed by atoms with E-state index in [-0.39, 0.29) is 11.7 Å². The fraction of sp³-hybridized carbons (Fsp3) is 0.500. The third-order valence-electron chi connectivity index (χ3n) is 4.47. The van der Waals surface area contributed by atoms with E-state index in [4.69, 9.17) is 4.74 Å². The van der Waals surface area contributed by atoms with Crippen LogP contribution in [0.1, 0.15) is 46.7 Å². The van der Waals surface area contributed by atoms with Gasteiger partial charge in [0.2, 0.25) is 5.82 Å². The van der Waals surface area contributed by atoms with E-state index < -0.39 is 0 Å². The highest BCUT2D eigenvalue weighted by Gasteiger charge is 2.25. The van der Waals surface area contributed by atoms with Gasteiger partial charge in [-0.3, -0.25) is 4.79 Å². The average molecular weight is 345 g/mol. The van der Waals surface area contributed by atoms with E-state index in [9.17, 15) is 4.79 Å². The molecular weight excluding hydrogens is 326 g/mol. The number of aromatic nitrogens is 4. The second-order valence-corrected chi connectivity index (χ2v) is 7.19. The maximum atomic E-state index is 12.2. The molecule has 7 nitrogen and oxygen atoms in total. The normalized spacial score (nSPS) is 17.3. The molecule has 0 bridgehead atoms. The Balaban J connectivity index is 1.80. The molecule has 3 aromatic heterocycles. The number of methoxy groups -OCH3 is 1. The first-order valence-electron chi connectivity index (χ1n) is 8.13. The average Bonchev–Trinajstić information content (AvgIpc) is 3.16. The molecule has 1 N–H and O–H groups in total. The fourth-order valence-corrected chi connectivity index (χ4v) is 4.62. The highest BCUT2D eigenvalue weighted by Crippen LogP contribution is 2.42. The summed E-state index contributed by atoms with van der Waals surface area (Å²) in [6.45, 7) is 3.15. The minimum atomic E-state index is -0.291. The van der Waals surface area contributed by atoms with Gasteiger partial charge in [-0.15, -0.1) is 16.4 Å². The minimum Gasteiger partial charge on any atom is -0.383 e. The molecule has 0 aliphatic heterocycles. The van der Waals surface area contributed by atoms with Gasteiger partial charge < -0.3 is 10.1 Å². The van der Waals surface area contributed by atoms with Crippen molar-refractivity contribution in [3.63, 3.8) is 0 Å². The first kappa shape index (κ1) is 15.5. The Hall–Kier alpha value is -2.06. The van der Waals surface area contributed by atoms with E-state index in [0.717, 1.165) is 22.3 Å². The number of hydrogen-bond acceptors (Lipinski definition) is 6. The van der Waals surface area contributed by atoms with E-state index >= 15 is 0 Å². The lowest BCUT2D eigenvalue weighted by Crippen LogP contribution is -2.27. The van der Waals surface area contributed by atoms with Crippen LogP contribution in [0.3, 0.4) is 0 Å². The molecular formula is C16H19N5O2S. The standard InChI is InChI=1S/C16H19N5O2S/c1-9-4-3-5-10-11(9)12-14-19-13(15(22)17-6-7-23-2)20-21(14)8-18-16(12)24-10/h8-9H,3-7H2,1-2H3,(H,17,22)/t9-/m0/s1. The van der Waals surface area contributed by atoms with E-state index in [1.807, 2.05) is 0 Å². The smallest absolute Gasteiger partial charge is 0.291 e. The Bertz CT molecular complexity index is 916. The van der Waals surface area contributed by atoms with Crippen LogP contribution in [0.2, 0.25) is 0 Å². The number of ether oxygens (including phenoxy) is 1. The topological polar surface area (TPSA) is 81.4 Å². The van der Waals surface area contributed by atoms with Crippen LogP contribution in [0, 0.1) is 0 Å². The number of fused-ring (bicyclic) bond motifs is 5. The van der Waals surface area contributed by atoms with Gasteiger partial charge in [0.05, 0.1) is 12.0 Å². The van der Waals surface area contributed by atoms with Crippen molar-refractivity contribution in [2.45, 2.75) is 32.1 Å². The molecule has 3 heterocycles. The molecule has 126 valence electrons. The second kappa shape index (κ2) is 6.10. The number of nitrogens with one attached hydrogen (secondary N) is 1. The molecule has 1 aliphatic carbocycles. The lowest BCUT2D eigenvalue weighted by molar-refractivity contribution is 0.0927. The molecule has 0 saturated carbocycles. The number of aryl methyl sites for hydroxylation is 1. The molecule has 4 rings (SSSR count). The van der Waals surface area contributed by atoms with Crippen molar-refractivity contribution in [2.24, 2.45) is 0 Å². The van der Waals surface area contributed by atoms with Gasteiger partial charge in [0.1, 0.15) is 11.2 Å². The monoisotopic (exact) mass is 345 g/mol. The van der Waals surface area contributed by atoms with Crippen molar-refractivity contribution in [3.8, 4) is 0 Å². The van der Waals surface area contributed by atoms with E-state index in [0.29, 0.717) is 19.1 Å². The quantitative estimate of drug-likeness (QED) is 0.733. The van der Waals surface area contributed by atoms with Gasteiger partial charge in [0, 0.05) is 18.5 Å². The number of carbonyl (C=O) groups excluding carboxylic acids is 1. The molecule has 24 heavy (non-hydrogen) atoms. The summed E-state index contributed by atoms with van der Waals surface area (Å²) < 4.78 is 6.55. The third-order valence-corrected chi connectivity index (χ3v) is 5.64. The number of thiophene rings is 1. The zero-order chi connectivity index (χ0) is 16.7. The Morgan fingerprint density at radius 2 is 2.42 bits per heavy atom. The zero-order valence-corrected chi connectivity index (χ0v) is 14.5. The van der Waals surface area contributed by atoms with Gasteiger partial charge >= 0.3 is 0 Å². The summed E-state index contributed by atoms with van der Waals surface area (Å²) in [7, 11) is 1.60. The predicted molar refractivity (Wildman–Crippen MR) is 91.7 cm³/mol. The van der Waals surface area contributed by atoms with Gasteiger partial charge in [-0.2, -0.15) is 0 Å².